The fourth-order valence-electron chi connectivity index (χ4n) is 1.39. The molecule has 0 spiro atoms. The number of hydrogen-bond donors (Lipinski definition) is 1. The van der Waals surface area contributed by atoms with Crippen LogP contribution >= 0.6 is 11.3 Å². The number of sulfonamides is 1. The number of benzene rings is 1. The Morgan fingerprint density at radius 2 is 1.81 bits per heavy atom. The molecule has 0 saturated carbocycles. The van der Waals surface area contributed by atoms with Gasteiger partial charge in [-0.3, -0.25) is 0 Å². The van der Waals surface area contributed by atoms with Crippen LogP contribution in [0.5, 0.6) is 0 Å². The third-order valence-electron chi connectivity index (χ3n) is 2.20. The maximum Gasteiger partial charge on any atom is 0.238 e. The molecule has 0 unspecified atom stereocenters. The van der Waals surface area contributed by atoms with Crippen molar-refractivity contribution in [3.63, 3.8) is 0 Å². The van der Waals surface area contributed by atoms with Crippen LogP contribution in [0.3, 0.4) is 0 Å². The van der Waals surface area contributed by atoms with Gasteiger partial charge < -0.3 is 0 Å². The molecule has 1 aromatic heterocycles. The van der Waals surface area contributed by atoms with Crippen LogP contribution in [-0.2, 0) is 10.0 Å². The molecule has 1 heterocycles. The molecule has 1 aromatic carbocycles. The van der Waals surface area contributed by atoms with Gasteiger partial charge in [0.2, 0.25) is 10.0 Å². The van der Waals surface area contributed by atoms with Gasteiger partial charge in [0.05, 0.1) is 4.90 Å². The lowest BCUT2D eigenvalue weighted by Crippen LogP contribution is -2.11. The predicted molar refractivity (Wildman–Crippen MR) is 65.9 cm³/mol. The Kier molecular flexibility index (Phi) is 2.84. The highest BCUT2D eigenvalue weighted by molar-refractivity contribution is 7.89. The molecule has 0 atom stereocenters. The lowest BCUT2D eigenvalue weighted by molar-refractivity contribution is 0.598. The van der Waals surface area contributed by atoms with E-state index in [-0.39, 0.29) is 4.90 Å². The van der Waals surface area contributed by atoms with Gasteiger partial charge in [-0.2, -0.15) is 0 Å². The van der Waals surface area contributed by atoms with Crippen molar-refractivity contribution < 1.29 is 8.42 Å². The smallest absolute Gasteiger partial charge is 0.225 e. The standard InChI is InChI=1S/C11H11NO2S2/c1-8-6-11(15-7-8)9-2-4-10(5-3-9)16(12,13)14/h2-7H,1H3,(H2,12,13,14). The fourth-order valence-corrected chi connectivity index (χ4v) is 2.81. The minimum Gasteiger partial charge on any atom is -0.225 e. The Morgan fingerprint density at radius 1 is 1.19 bits per heavy atom. The van der Waals surface area contributed by atoms with Crippen molar-refractivity contribution in [1.82, 2.24) is 0 Å². The summed E-state index contributed by atoms with van der Waals surface area (Å²) in [5.74, 6) is 0. The summed E-state index contributed by atoms with van der Waals surface area (Å²) in [6.45, 7) is 2.03. The zero-order valence-corrected chi connectivity index (χ0v) is 10.3. The van der Waals surface area contributed by atoms with Crippen LogP contribution in [0, 0.1) is 6.92 Å². The second kappa shape index (κ2) is 4.01. The highest BCUT2D eigenvalue weighted by Crippen LogP contribution is 2.27. The molecule has 0 amide bonds. The van der Waals surface area contributed by atoms with Crippen LogP contribution in [0.1, 0.15) is 5.56 Å². The van der Waals surface area contributed by atoms with E-state index in [0.29, 0.717) is 0 Å². The molecule has 0 aliphatic carbocycles. The molecule has 2 N–H and O–H groups in total. The summed E-state index contributed by atoms with van der Waals surface area (Å²) in [5.41, 5.74) is 2.21. The predicted octanol–water partition coefficient (Wildman–Crippen LogP) is 2.37. The van der Waals surface area contributed by atoms with Gasteiger partial charge in [0.25, 0.3) is 0 Å². The van der Waals surface area contributed by atoms with E-state index < -0.39 is 10.0 Å². The number of thiophene rings is 1. The molecule has 5 heteroatoms. The Balaban J connectivity index is 2.40. The van der Waals surface area contributed by atoms with Crippen LogP contribution in [-0.4, -0.2) is 8.42 Å². The van der Waals surface area contributed by atoms with Gasteiger partial charge in [-0.15, -0.1) is 11.3 Å². The minimum absolute atomic E-state index is 0.143. The second-order valence-electron chi connectivity index (χ2n) is 3.56. The normalized spacial score (nSPS) is 11.6. The van der Waals surface area contributed by atoms with Gasteiger partial charge in [0, 0.05) is 4.88 Å². The maximum absolute atomic E-state index is 11.1. The van der Waals surface area contributed by atoms with Crippen LogP contribution in [0.15, 0.2) is 40.6 Å². The molecule has 3 nitrogen and oxygen atoms in total. The van der Waals surface area contributed by atoms with E-state index in [9.17, 15) is 8.42 Å². The van der Waals surface area contributed by atoms with E-state index in [0.717, 1.165) is 10.4 Å². The van der Waals surface area contributed by atoms with Crippen molar-refractivity contribution in [3.8, 4) is 10.4 Å². The fraction of sp³-hybridized carbons (Fsp3) is 0.0909. The molecule has 84 valence electrons. The summed E-state index contributed by atoms with van der Waals surface area (Å²) < 4.78 is 22.1. The molecule has 0 fully saturated rings. The van der Waals surface area contributed by atoms with Gasteiger partial charge >= 0.3 is 0 Å². The first kappa shape index (κ1) is 11.3. The molecular formula is C11H11NO2S2. The molecule has 2 aromatic rings. The monoisotopic (exact) mass is 253 g/mol. The average molecular weight is 253 g/mol. The topological polar surface area (TPSA) is 60.2 Å². The van der Waals surface area contributed by atoms with E-state index >= 15 is 0 Å². The average Bonchev–Trinajstić information content (AvgIpc) is 2.64. The summed E-state index contributed by atoms with van der Waals surface area (Å²) in [6, 6.07) is 8.66. The van der Waals surface area contributed by atoms with Crippen molar-refractivity contribution in [1.29, 1.82) is 0 Å². The Bertz CT molecular complexity index is 597. The Labute approximate surface area is 98.6 Å². The van der Waals surface area contributed by atoms with Gasteiger partial charge in [-0.05, 0) is 41.6 Å². The van der Waals surface area contributed by atoms with E-state index in [1.165, 1.54) is 17.7 Å². The molecule has 0 saturated heterocycles. The number of aryl methyl sites for hydroxylation is 1. The summed E-state index contributed by atoms with van der Waals surface area (Å²) in [5, 5.41) is 7.08. The lowest BCUT2D eigenvalue weighted by atomic mass is 10.2. The number of primary sulfonamides is 1. The van der Waals surface area contributed by atoms with E-state index in [1.54, 1.807) is 23.5 Å². The minimum atomic E-state index is -3.59. The van der Waals surface area contributed by atoms with E-state index in [4.69, 9.17) is 5.14 Å². The van der Waals surface area contributed by atoms with Crippen LogP contribution in [0.4, 0.5) is 0 Å². The highest BCUT2D eigenvalue weighted by Gasteiger charge is 2.07. The first-order chi connectivity index (χ1) is 7.47. The van der Waals surface area contributed by atoms with Crippen molar-refractivity contribution in [2.24, 2.45) is 5.14 Å². The largest absolute Gasteiger partial charge is 0.238 e. The molecule has 16 heavy (non-hydrogen) atoms. The first-order valence-electron chi connectivity index (χ1n) is 4.65. The molecule has 0 aliphatic heterocycles. The first-order valence-corrected chi connectivity index (χ1v) is 7.08. The van der Waals surface area contributed by atoms with E-state index in [2.05, 4.69) is 11.4 Å². The number of rotatable bonds is 2. The Morgan fingerprint density at radius 3 is 2.25 bits per heavy atom. The third-order valence-corrected chi connectivity index (χ3v) is 4.22. The van der Waals surface area contributed by atoms with E-state index in [1.807, 2.05) is 6.92 Å². The van der Waals surface area contributed by atoms with Gasteiger partial charge in [-0.25, -0.2) is 13.6 Å². The third kappa shape index (κ3) is 2.32. The maximum atomic E-state index is 11.1. The van der Waals surface area contributed by atoms with Crippen molar-refractivity contribution in [2.75, 3.05) is 0 Å². The molecule has 0 aliphatic rings. The number of hydrogen-bond acceptors (Lipinski definition) is 3. The van der Waals surface area contributed by atoms with Gasteiger partial charge in [0.1, 0.15) is 0 Å². The molecule has 0 bridgehead atoms. The summed E-state index contributed by atoms with van der Waals surface area (Å²) in [6.07, 6.45) is 0. The summed E-state index contributed by atoms with van der Waals surface area (Å²) in [7, 11) is -3.59. The molecular weight excluding hydrogens is 242 g/mol. The summed E-state index contributed by atoms with van der Waals surface area (Å²) in [4.78, 5) is 1.27. The van der Waals surface area contributed by atoms with Gasteiger partial charge in [-0.1, -0.05) is 12.1 Å². The van der Waals surface area contributed by atoms with Crippen molar-refractivity contribution in [2.45, 2.75) is 11.8 Å². The molecule has 0 radical (unpaired) electrons. The van der Waals surface area contributed by atoms with Crippen LogP contribution < -0.4 is 5.14 Å². The number of nitrogens with two attached hydrogens (primary N) is 1. The van der Waals surface area contributed by atoms with Crippen LogP contribution in [0.25, 0.3) is 10.4 Å². The zero-order valence-electron chi connectivity index (χ0n) is 8.67. The second-order valence-corrected chi connectivity index (χ2v) is 6.03. The summed E-state index contributed by atoms with van der Waals surface area (Å²) >= 11 is 1.64. The van der Waals surface area contributed by atoms with Crippen molar-refractivity contribution in [3.05, 3.63) is 41.3 Å². The van der Waals surface area contributed by atoms with Gasteiger partial charge in [0.15, 0.2) is 0 Å². The Hall–Kier alpha value is -1.17. The van der Waals surface area contributed by atoms with Crippen LogP contribution in [0.2, 0.25) is 0 Å². The lowest BCUT2D eigenvalue weighted by Gasteiger charge is -2.00. The highest BCUT2D eigenvalue weighted by atomic mass is 32.2. The quantitative estimate of drug-likeness (QED) is 0.893. The van der Waals surface area contributed by atoms with Crippen molar-refractivity contribution >= 4 is 21.4 Å². The zero-order chi connectivity index (χ0) is 11.8. The molecule has 2 rings (SSSR count). The SMILES string of the molecule is Cc1csc(-c2ccc(S(N)(=O)=O)cc2)c1.